The van der Waals surface area contributed by atoms with E-state index >= 15 is 0 Å². The Hall–Kier alpha value is -1.95. The Kier molecular flexibility index (Phi) is 4.85. The summed E-state index contributed by atoms with van der Waals surface area (Å²) >= 11 is 12.9. The lowest BCUT2D eigenvalue weighted by molar-refractivity contribution is 0.0982. The SMILES string of the molecule is Cc1ccc(NC(=S)NC(=O)c2sc3ccccc3c2Cl)c(C)c1. The summed E-state index contributed by atoms with van der Waals surface area (Å²) in [6.07, 6.45) is 0. The number of aryl methyl sites for hydroxylation is 2. The topological polar surface area (TPSA) is 41.1 Å². The third-order valence-corrected chi connectivity index (χ3v) is 5.48. The number of hydrogen-bond acceptors (Lipinski definition) is 3. The van der Waals surface area contributed by atoms with E-state index in [1.807, 2.05) is 50.2 Å². The maximum Gasteiger partial charge on any atom is 0.269 e. The van der Waals surface area contributed by atoms with Gasteiger partial charge in [-0.05, 0) is 43.8 Å². The van der Waals surface area contributed by atoms with Gasteiger partial charge in [-0.2, -0.15) is 0 Å². The highest BCUT2D eigenvalue weighted by atomic mass is 35.5. The summed E-state index contributed by atoms with van der Waals surface area (Å²) in [5.41, 5.74) is 3.10. The van der Waals surface area contributed by atoms with Gasteiger partial charge >= 0.3 is 0 Å². The number of anilines is 1. The van der Waals surface area contributed by atoms with Gasteiger partial charge in [0.05, 0.1) is 5.02 Å². The highest BCUT2D eigenvalue weighted by molar-refractivity contribution is 7.80. The molecule has 1 amide bonds. The minimum absolute atomic E-state index is 0.250. The normalized spacial score (nSPS) is 10.6. The lowest BCUT2D eigenvalue weighted by atomic mass is 10.1. The molecule has 24 heavy (non-hydrogen) atoms. The largest absolute Gasteiger partial charge is 0.332 e. The average Bonchev–Trinajstić information content (AvgIpc) is 2.88. The molecule has 0 bridgehead atoms. The molecule has 3 rings (SSSR count). The molecule has 1 aromatic heterocycles. The molecule has 122 valence electrons. The molecule has 0 fully saturated rings. The summed E-state index contributed by atoms with van der Waals surface area (Å²) in [6.45, 7) is 4.02. The lowest BCUT2D eigenvalue weighted by Gasteiger charge is -2.12. The zero-order valence-corrected chi connectivity index (χ0v) is 15.5. The first kappa shape index (κ1) is 16.9. The van der Waals surface area contributed by atoms with Crippen molar-refractivity contribution in [1.82, 2.24) is 5.32 Å². The molecule has 0 radical (unpaired) electrons. The van der Waals surface area contributed by atoms with Gasteiger partial charge in [-0.15, -0.1) is 11.3 Å². The van der Waals surface area contributed by atoms with E-state index in [1.165, 1.54) is 16.9 Å². The lowest BCUT2D eigenvalue weighted by Crippen LogP contribution is -2.34. The molecule has 0 aliphatic rings. The molecule has 2 aromatic carbocycles. The van der Waals surface area contributed by atoms with Gasteiger partial charge in [0.1, 0.15) is 4.88 Å². The Morgan fingerprint density at radius 3 is 2.62 bits per heavy atom. The van der Waals surface area contributed by atoms with Gasteiger partial charge in [0.25, 0.3) is 5.91 Å². The average molecular weight is 375 g/mol. The number of carbonyl (C=O) groups excluding carboxylic acids is 1. The van der Waals surface area contributed by atoms with Crippen molar-refractivity contribution in [3.63, 3.8) is 0 Å². The van der Waals surface area contributed by atoms with Crippen LogP contribution in [0.15, 0.2) is 42.5 Å². The number of nitrogens with one attached hydrogen (secondary N) is 2. The number of thiocarbonyl (C=S) groups is 1. The minimum atomic E-state index is -0.302. The van der Waals surface area contributed by atoms with Crippen LogP contribution in [0.5, 0.6) is 0 Å². The second-order valence-corrected chi connectivity index (χ2v) is 7.31. The van der Waals surface area contributed by atoms with E-state index in [9.17, 15) is 4.79 Å². The van der Waals surface area contributed by atoms with E-state index in [2.05, 4.69) is 16.7 Å². The van der Waals surface area contributed by atoms with Gasteiger partial charge in [-0.3, -0.25) is 10.1 Å². The maximum atomic E-state index is 12.5. The number of halogens is 1. The van der Waals surface area contributed by atoms with Gasteiger partial charge in [-0.1, -0.05) is 47.5 Å². The van der Waals surface area contributed by atoms with Crippen LogP contribution in [0.25, 0.3) is 10.1 Å². The molecule has 0 atom stereocenters. The van der Waals surface area contributed by atoms with Crippen LogP contribution in [0.4, 0.5) is 5.69 Å². The van der Waals surface area contributed by atoms with Crippen LogP contribution in [0.3, 0.4) is 0 Å². The first-order valence-electron chi connectivity index (χ1n) is 7.32. The molecule has 6 heteroatoms. The highest BCUT2D eigenvalue weighted by Gasteiger charge is 2.18. The van der Waals surface area contributed by atoms with Crippen LogP contribution in [0, 0.1) is 13.8 Å². The summed E-state index contributed by atoms with van der Waals surface area (Å²) in [7, 11) is 0. The highest BCUT2D eigenvalue weighted by Crippen LogP contribution is 2.34. The van der Waals surface area contributed by atoms with Crippen molar-refractivity contribution >= 4 is 61.9 Å². The number of benzene rings is 2. The molecule has 0 spiro atoms. The van der Waals surface area contributed by atoms with Gasteiger partial charge in [0.15, 0.2) is 5.11 Å². The second kappa shape index (κ2) is 6.89. The number of thiophene rings is 1. The molecule has 0 saturated heterocycles. The molecule has 1 heterocycles. The third kappa shape index (κ3) is 3.43. The molecular formula is C18H15ClN2OS2. The molecule has 0 saturated carbocycles. The third-order valence-electron chi connectivity index (χ3n) is 3.60. The Morgan fingerprint density at radius 1 is 1.17 bits per heavy atom. The van der Waals surface area contributed by atoms with E-state index in [0.717, 1.165) is 21.3 Å². The second-order valence-electron chi connectivity index (χ2n) is 5.47. The van der Waals surface area contributed by atoms with Crippen molar-refractivity contribution in [2.24, 2.45) is 0 Å². The fourth-order valence-electron chi connectivity index (χ4n) is 2.43. The first-order chi connectivity index (χ1) is 11.5. The van der Waals surface area contributed by atoms with Gasteiger partial charge in [0, 0.05) is 15.8 Å². The molecular weight excluding hydrogens is 360 g/mol. The summed E-state index contributed by atoms with van der Waals surface area (Å²) < 4.78 is 0.973. The van der Waals surface area contributed by atoms with Crippen molar-refractivity contribution in [1.29, 1.82) is 0 Å². The number of hydrogen-bond donors (Lipinski definition) is 2. The van der Waals surface area contributed by atoms with Crippen LogP contribution in [-0.2, 0) is 0 Å². The summed E-state index contributed by atoms with van der Waals surface area (Å²) in [5.74, 6) is -0.302. The summed E-state index contributed by atoms with van der Waals surface area (Å²) in [6, 6.07) is 13.6. The van der Waals surface area contributed by atoms with Gasteiger partial charge < -0.3 is 5.32 Å². The molecule has 0 unspecified atom stereocenters. The van der Waals surface area contributed by atoms with E-state index in [1.54, 1.807) is 0 Å². The smallest absolute Gasteiger partial charge is 0.269 e. The maximum absolute atomic E-state index is 12.5. The Labute approximate surface area is 154 Å². The quantitative estimate of drug-likeness (QED) is 0.598. The van der Waals surface area contributed by atoms with E-state index in [0.29, 0.717) is 9.90 Å². The fourth-order valence-corrected chi connectivity index (χ4v) is 4.04. The monoisotopic (exact) mass is 374 g/mol. The van der Waals surface area contributed by atoms with Crippen LogP contribution >= 0.6 is 35.2 Å². The fraction of sp³-hybridized carbons (Fsp3) is 0.111. The van der Waals surface area contributed by atoms with Crippen LogP contribution < -0.4 is 10.6 Å². The molecule has 2 N–H and O–H groups in total. The standard InChI is InChI=1S/C18H15ClN2OS2/c1-10-7-8-13(11(2)9-10)20-18(23)21-17(22)16-15(19)12-5-3-4-6-14(12)24-16/h3-9H,1-2H3,(H2,20,21,22,23). The van der Waals surface area contributed by atoms with Crippen LogP contribution in [0.2, 0.25) is 5.02 Å². The Balaban J connectivity index is 1.76. The van der Waals surface area contributed by atoms with E-state index < -0.39 is 0 Å². The predicted molar refractivity (Wildman–Crippen MR) is 106 cm³/mol. The van der Waals surface area contributed by atoms with Crippen molar-refractivity contribution in [3.05, 3.63) is 63.5 Å². The Bertz CT molecular complexity index is 949. The van der Waals surface area contributed by atoms with Crippen molar-refractivity contribution in [3.8, 4) is 0 Å². The van der Waals surface area contributed by atoms with Crippen molar-refractivity contribution < 1.29 is 4.79 Å². The number of carbonyl (C=O) groups is 1. The summed E-state index contributed by atoms with van der Waals surface area (Å²) in [5, 5.41) is 7.34. The summed E-state index contributed by atoms with van der Waals surface area (Å²) in [4.78, 5) is 12.9. The molecule has 3 aromatic rings. The van der Waals surface area contributed by atoms with Crippen LogP contribution in [-0.4, -0.2) is 11.0 Å². The molecule has 0 aliphatic heterocycles. The molecule has 0 aliphatic carbocycles. The minimum Gasteiger partial charge on any atom is -0.332 e. The zero-order valence-electron chi connectivity index (χ0n) is 13.1. The molecule has 3 nitrogen and oxygen atoms in total. The first-order valence-corrected chi connectivity index (χ1v) is 8.92. The van der Waals surface area contributed by atoms with Gasteiger partial charge in [-0.25, -0.2) is 0 Å². The van der Waals surface area contributed by atoms with E-state index in [4.69, 9.17) is 23.8 Å². The van der Waals surface area contributed by atoms with Crippen molar-refractivity contribution in [2.45, 2.75) is 13.8 Å². The van der Waals surface area contributed by atoms with Crippen molar-refractivity contribution in [2.75, 3.05) is 5.32 Å². The number of rotatable bonds is 2. The van der Waals surface area contributed by atoms with E-state index in [-0.39, 0.29) is 11.0 Å². The Morgan fingerprint density at radius 2 is 1.92 bits per heavy atom. The number of amides is 1. The predicted octanol–water partition coefficient (Wildman–Crippen LogP) is 5.30. The number of fused-ring (bicyclic) bond motifs is 1. The van der Waals surface area contributed by atoms with Gasteiger partial charge in [0.2, 0.25) is 0 Å². The zero-order chi connectivity index (χ0) is 17.3. The van der Waals surface area contributed by atoms with Crippen LogP contribution in [0.1, 0.15) is 20.8 Å².